The van der Waals surface area contributed by atoms with Gasteiger partial charge in [-0.05, 0) is 36.8 Å². The number of halogens is 1. The van der Waals surface area contributed by atoms with E-state index in [2.05, 4.69) is 20.9 Å². The molecule has 3 rings (SSSR count). The van der Waals surface area contributed by atoms with Crippen LogP contribution in [0.15, 0.2) is 59.2 Å². The van der Waals surface area contributed by atoms with E-state index in [0.717, 1.165) is 20.9 Å². The van der Waals surface area contributed by atoms with Gasteiger partial charge in [0.2, 0.25) is 0 Å². The normalized spacial score (nSPS) is 12.3. The second kappa shape index (κ2) is 5.84. The minimum absolute atomic E-state index is 0.521. The van der Waals surface area contributed by atoms with Crippen molar-refractivity contribution in [1.29, 1.82) is 0 Å². The first kappa shape index (κ1) is 14.0. The molecule has 0 saturated carbocycles. The molecular formula is C17H14BrNO2. The molecule has 4 heteroatoms. The van der Waals surface area contributed by atoms with Crippen LogP contribution in [-0.4, -0.2) is 10.1 Å². The Bertz CT molecular complexity index is 781. The van der Waals surface area contributed by atoms with Crippen LogP contribution in [0, 0.1) is 0 Å². The Balaban J connectivity index is 1.97. The Hall–Kier alpha value is -1.91. The first-order chi connectivity index (χ1) is 10.1. The summed E-state index contributed by atoms with van der Waals surface area (Å²) in [6, 6.07) is 15.3. The average Bonchev–Trinajstić information content (AvgIpc) is 2.47. The van der Waals surface area contributed by atoms with Crippen LogP contribution in [0.25, 0.3) is 10.9 Å². The number of pyridine rings is 1. The van der Waals surface area contributed by atoms with Crippen molar-refractivity contribution in [2.24, 2.45) is 0 Å². The van der Waals surface area contributed by atoms with Gasteiger partial charge in [-0.3, -0.25) is 4.98 Å². The minimum atomic E-state index is -0.521. The van der Waals surface area contributed by atoms with E-state index < -0.39 is 6.10 Å². The molecule has 0 bridgehead atoms. The van der Waals surface area contributed by atoms with Crippen LogP contribution in [-0.2, 0) is 0 Å². The average molecular weight is 344 g/mol. The van der Waals surface area contributed by atoms with Crippen molar-refractivity contribution in [2.75, 3.05) is 0 Å². The highest BCUT2D eigenvalue weighted by Crippen LogP contribution is 2.32. The van der Waals surface area contributed by atoms with Crippen LogP contribution in [0.3, 0.4) is 0 Å². The van der Waals surface area contributed by atoms with Crippen molar-refractivity contribution in [3.63, 3.8) is 0 Å². The summed E-state index contributed by atoms with van der Waals surface area (Å²) in [4.78, 5) is 4.37. The number of ether oxygens (including phenoxy) is 1. The summed E-state index contributed by atoms with van der Waals surface area (Å²) in [5, 5.41) is 10.7. The quantitative estimate of drug-likeness (QED) is 0.739. The number of hydrogen-bond acceptors (Lipinski definition) is 3. The summed E-state index contributed by atoms with van der Waals surface area (Å²) in [6.45, 7) is 1.73. The van der Waals surface area contributed by atoms with Gasteiger partial charge in [0.25, 0.3) is 0 Å². The number of rotatable bonds is 3. The number of benzene rings is 2. The van der Waals surface area contributed by atoms with Crippen LogP contribution in [0.2, 0.25) is 0 Å². The van der Waals surface area contributed by atoms with E-state index in [1.807, 2.05) is 48.5 Å². The fourth-order valence-electron chi connectivity index (χ4n) is 2.20. The third kappa shape index (κ3) is 2.91. The van der Waals surface area contributed by atoms with E-state index in [4.69, 9.17) is 4.74 Å². The maximum Gasteiger partial charge on any atom is 0.153 e. The van der Waals surface area contributed by atoms with Crippen LogP contribution in [0.5, 0.6) is 11.5 Å². The van der Waals surface area contributed by atoms with Crippen molar-refractivity contribution >= 4 is 26.8 Å². The second-order valence-electron chi connectivity index (χ2n) is 4.79. The molecule has 1 N–H and O–H groups in total. The zero-order valence-corrected chi connectivity index (χ0v) is 13.0. The van der Waals surface area contributed by atoms with Crippen LogP contribution in [0.1, 0.15) is 18.6 Å². The Labute approximate surface area is 131 Å². The molecule has 0 saturated heterocycles. The number of aliphatic hydroxyl groups excluding tert-OH is 1. The molecule has 1 aromatic heterocycles. The molecule has 2 aromatic carbocycles. The molecule has 0 aliphatic heterocycles. The number of aliphatic hydroxyl groups is 1. The first-order valence-electron chi connectivity index (χ1n) is 6.64. The fourth-order valence-corrected chi connectivity index (χ4v) is 2.88. The highest BCUT2D eigenvalue weighted by atomic mass is 79.9. The monoisotopic (exact) mass is 343 g/mol. The van der Waals surface area contributed by atoms with Gasteiger partial charge >= 0.3 is 0 Å². The van der Waals surface area contributed by atoms with Gasteiger partial charge in [-0.1, -0.05) is 40.2 Å². The fraction of sp³-hybridized carbons (Fsp3) is 0.118. The van der Waals surface area contributed by atoms with Crippen molar-refractivity contribution < 1.29 is 9.84 Å². The van der Waals surface area contributed by atoms with Crippen molar-refractivity contribution in [1.82, 2.24) is 4.98 Å². The lowest BCUT2D eigenvalue weighted by Crippen LogP contribution is -1.93. The molecule has 0 radical (unpaired) electrons. The summed E-state index contributed by atoms with van der Waals surface area (Å²) in [6.07, 6.45) is 1.23. The SMILES string of the molecule is C[C@H](O)c1ccc(Oc2cccc3cccnc23)cc1Br. The lowest BCUT2D eigenvalue weighted by atomic mass is 10.1. The van der Waals surface area contributed by atoms with E-state index in [-0.39, 0.29) is 0 Å². The molecule has 106 valence electrons. The van der Waals surface area contributed by atoms with E-state index in [1.165, 1.54) is 0 Å². The molecule has 0 aliphatic rings. The standard InChI is InChI=1S/C17H14BrNO2/c1-11(20)14-8-7-13(10-15(14)18)21-16-6-2-4-12-5-3-9-19-17(12)16/h2-11,20H,1H3/t11-/m0/s1. The smallest absolute Gasteiger partial charge is 0.153 e. The molecule has 0 amide bonds. The summed E-state index contributed by atoms with van der Waals surface area (Å²) >= 11 is 3.46. The molecule has 0 fully saturated rings. The van der Waals surface area contributed by atoms with Gasteiger partial charge in [-0.2, -0.15) is 0 Å². The number of para-hydroxylation sites is 1. The molecule has 0 spiro atoms. The molecule has 3 aromatic rings. The Morgan fingerprint density at radius 2 is 1.95 bits per heavy atom. The first-order valence-corrected chi connectivity index (χ1v) is 7.43. The lowest BCUT2D eigenvalue weighted by Gasteiger charge is -2.11. The summed E-state index contributed by atoms with van der Waals surface area (Å²) < 4.78 is 6.76. The predicted octanol–water partition coefficient (Wildman–Crippen LogP) is 4.84. The molecule has 0 aliphatic carbocycles. The highest BCUT2D eigenvalue weighted by Gasteiger charge is 2.09. The number of nitrogens with zero attached hydrogens (tertiary/aromatic N) is 1. The number of aromatic nitrogens is 1. The Morgan fingerprint density at radius 1 is 1.14 bits per heavy atom. The molecular weight excluding hydrogens is 330 g/mol. The lowest BCUT2D eigenvalue weighted by molar-refractivity contribution is 0.198. The third-order valence-electron chi connectivity index (χ3n) is 3.25. The van der Waals surface area contributed by atoms with Crippen molar-refractivity contribution in [3.8, 4) is 11.5 Å². The van der Waals surface area contributed by atoms with Crippen LogP contribution in [0.4, 0.5) is 0 Å². The van der Waals surface area contributed by atoms with E-state index in [0.29, 0.717) is 11.5 Å². The van der Waals surface area contributed by atoms with Gasteiger partial charge in [0.1, 0.15) is 11.3 Å². The maximum atomic E-state index is 9.65. The van der Waals surface area contributed by atoms with Crippen LogP contribution < -0.4 is 4.74 Å². The van der Waals surface area contributed by atoms with Gasteiger partial charge in [0.05, 0.1) is 6.10 Å². The van der Waals surface area contributed by atoms with Gasteiger partial charge in [-0.25, -0.2) is 0 Å². The molecule has 1 atom stereocenters. The second-order valence-corrected chi connectivity index (χ2v) is 5.65. The largest absolute Gasteiger partial charge is 0.455 e. The van der Waals surface area contributed by atoms with Gasteiger partial charge < -0.3 is 9.84 Å². The van der Waals surface area contributed by atoms with Crippen LogP contribution >= 0.6 is 15.9 Å². The van der Waals surface area contributed by atoms with E-state index in [9.17, 15) is 5.11 Å². The number of fused-ring (bicyclic) bond motifs is 1. The third-order valence-corrected chi connectivity index (χ3v) is 3.93. The topological polar surface area (TPSA) is 42.4 Å². The predicted molar refractivity (Wildman–Crippen MR) is 86.6 cm³/mol. The van der Waals surface area contributed by atoms with Crippen molar-refractivity contribution in [2.45, 2.75) is 13.0 Å². The Morgan fingerprint density at radius 3 is 2.71 bits per heavy atom. The maximum absolute atomic E-state index is 9.65. The highest BCUT2D eigenvalue weighted by molar-refractivity contribution is 9.10. The zero-order valence-electron chi connectivity index (χ0n) is 11.5. The molecule has 3 nitrogen and oxygen atoms in total. The zero-order chi connectivity index (χ0) is 14.8. The van der Waals surface area contributed by atoms with Gasteiger partial charge in [0.15, 0.2) is 5.75 Å². The van der Waals surface area contributed by atoms with E-state index >= 15 is 0 Å². The molecule has 21 heavy (non-hydrogen) atoms. The summed E-state index contributed by atoms with van der Waals surface area (Å²) in [5.41, 5.74) is 1.66. The van der Waals surface area contributed by atoms with Gasteiger partial charge in [-0.15, -0.1) is 0 Å². The summed E-state index contributed by atoms with van der Waals surface area (Å²) in [5.74, 6) is 1.41. The Kier molecular flexibility index (Phi) is 3.90. The molecule has 0 unspecified atom stereocenters. The molecule has 1 heterocycles. The summed E-state index contributed by atoms with van der Waals surface area (Å²) in [7, 11) is 0. The van der Waals surface area contributed by atoms with Crippen molar-refractivity contribution in [3.05, 3.63) is 64.8 Å². The van der Waals surface area contributed by atoms with E-state index in [1.54, 1.807) is 13.1 Å². The number of hydrogen-bond donors (Lipinski definition) is 1. The van der Waals surface area contributed by atoms with Gasteiger partial charge in [0, 0.05) is 16.1 Å². The minimum Gasteiger partial charge on any atom is -0.455 e.